The van der Waals surface area contributed by atoms with Crippen molar-refractivity contribution < 1.29 is 14.3 Å². The number of hydrogen-bond donors (Lipinski definition) is 1. The first-order valence-corrected chi connectivity index (χ1v) is 6.70. The van der Waals surface area contributed by atoms with Crippen LogP contribution in [0.15, 0.2) is 30.3 Å². The van der Waals surface area contributed by atoms with Gasteiger partial charge in [0.1, 0.15) is 0 Å². The van der Waals surface area contributed by atoms with Gasteiger partial charge in [0, 0.05) is 18.5 Å². The fraction of sp³-hybridized carbons (Fsp3) is 0.533. The van der Waals surface area contributed by atoms with Gasteiger partial charge in [0.2, 0.25) is 0 Å². The molecule has 1 N–H and O–H groups in total. The zero-order valence-corrected chi connectivity index (χ0v) is 11.5. The van der Waals surface area contributed by atoms with E-state index in [0.29, 0.717) is 31.2 Å². The molecule has 1 aromatic rings. The van der Waals surface area contributed by atoms with Crippen molar-refractivity contribution in [2.75, 3.05) is 19.8 Å². The van der Waals surface area contributed by atoms with Crippen molar-refractivity contribution in [3.63, 3.8) is 0 Å². The van der Waals surface area contributed by atoms with Crippen LogP contribution < -0.4 is 5.32 Å². The van der Waals surface area contributed by atoms with Gasteiger partial charge in [0.05, 0.1) is 13.2 Å². The third-order valence-electron chi connectivity index (χ3n) is 3.26. The smallest absolute Gasteiger partial charge is 0.251 e. The maximum Gasteiger partial charge on any atom is 0.251 e. The lowest BCUT2D eigenvalue weighted by atomic mass is 10.0. The van der Waals surface area contributed by atoms with Crippen molar-refractivity contribution in [2.45, 2.75) is 26.1 Å². The molecule has 0 aliphatic carbocycles. The average molecular weight is 263 g/mol. The van der Waals surface area contributed by atoms with Gasteiger partial charge in [-0.15, -0.1) is 0 Å². The summed E-state index contributed by atoms with van der Waals surface area (Å²) in [6.45, 7) is 5.96. The summed E-state index contributed by atoms with van der Waals surface area (Å²) < 4.78 is 11.1. The Morgan fingerprint density at radius 3 is 2.58 bits per heavy atom. The van der Waals surface area contributed by atoms with Crippen molar-refractivity contribution in [3.8, 4) is 0 Å². The molecule has 0 spiro atoms. The van der Waals surface area contributed by atoms with Gasteiger partial charge in [-0.05, 0) is 25.0 Å². The van der Waals surface area contributed by atoms with E-state index in [0.717, 1.165) is 6.42 Å². The van der Waals surface area contributed by atoms with Crippen LogP contribution in [0.5, 0.6) is 0 Å². The number of amides is 1. The lowest BCUT2D eigenvalue weighted by molar-refractivity contribution is -0.153. The number of carbonyl (C=O) groups excluding carboxylic acids is 1. The molecular weight excluding hydrogens is 242 g/mol. The number of hydrogen-bond acceptors (Lipinski definition) is 3. The number of benzene rings is 1. The molecular formula is C15H21NO3. The number of carbonyl (C=O) groups is 1. The van der Waals surface area contributed by atoms with E-state index in [9.17, 15) is 4.79 Å². The van der Waals surface area contributed by atoms with E-state index in [1.807, 2.05) is 37.3 Å². The SMILES string of the molecule is C[C@@H](CNC(=O)c1ccccc1)CC1(C)OCCO1. The molecule has 2 rings (SSSR count). The van der Waals surface area contributed by atoms with Crippen molar-refractivity contribution >= 4 is 5.91 Å². The zero-order valence-electron chi connectivity index (χ0n) is 11.5. The quantitative estimate of drug-likeness (QED) is 0.886. The number of ether oxygens (including phenoxy) is 2. The second-order valence-corrected chi connectivity index (χ2v) is 5.22. The lowest BCUT2D eigenvalue weighted by Gasteiger charge is -2.26. The Labute approximate surface area is 114 Å². The minimum atomic E-state index is -0.489. The molecule has 0 saturated carbocycles. The predicted octanol–water partition coefficient (Wildman–Crippen LogP) is 2.21. The summed E-state index contributed by atoms with van der Waals surface area (Å²) in [6, 6.07) is 9.24. The summed E-state index contributed by atoms with van der Waals surface area (Å²) in [4.78, 5) is 11.9. The Kier molecular flexibility index (Phi) is 4.56. The molecule has 19 heavy (non-hydrogen) atoms. The molecule has 1 aromatic carbocycles. The highest BCUT2D eigenvalue weighted by Gasteiger charge is 2.32. The van der Waals surface area contributed by atoms with Crippen LogP contribution in [0.3, 0.4) is 0 Å². The van der Waals surface area contributed by atoms with Crippen molar-refractivity contribution in [1.82, 2.24) is 5.32 Å². The second kappa shape index (κ2) is 6.17. The third kappa shape index (κ3) is 4.04. The fourth-order valence-corrected chi connectivity index (χ4v) is 2.34. The van der Waals surface area contributed by atoms with Gasteiger partial charge in [0.25, 0.3) is 5.91 Å². The molecule has 1 aliphatic heterocycles. The molecule has 1 heterocycles. The van der Waals surface area contributed by atoms with E-state index in [1.54, 1.807) is 0 Å². The number of nitrogens with one attached hydrogen (secondary N) is 1. The zero-order chi connectivity index (χ0) is 13.7. The Morgan fingerprint density at radius 1 is 1.32 bits per heavy atom. The van der Waals surface area contributed by atoms with Gasteiger partial charge in [-0.25, -0.2) is 0 Å². The summed E-state index contributed by atoms with van der Waals surface area (Å²) >= 11 is 0. The molecule has 1 fully saturated rings. The highest BCUT2D eigenvalue weighted by molar-refractivity contribution is 5.94. The molecule has 1 atom stereocenters. The van der Waals surface area contributed by atoms with Gasteiger partial charge in [0.15, 0.2) is 5.79 Å². The first kappa shape index (κ1) is 14.0. The molecule has 104 valence electrons. The Morgan fingerprint density at radius 2 is 1.95 bits per heavy atom. The average Bonchev–Trinajstić information content (AvgIpc) is 2.83. The Balaban J connectivity index is 1.77. The highest BCUT2D eigenvalue weighted by atomic mass is 16.7. The standard InChI is InChI=1S/C15H21NO3/c1-12(10-15(2)18-8-9-19-15)11-16-14(17)13-6-4-3-5-7-13/h3-7,12H,8-11H2,1-2H3,(H,16,17)/t12-/m1/s1. The minimum absolute atomic E-state index is 0.0362. The molecule has 0 aromatic heterocycles. The molecule has 0 radical (unpaired) electrons. The van der Waals surface area contributed by atoms with Crippen LogP contribution in [0.25, 0.3) is 0 Å². The molecule has 1 aliphatic rings. The van der Waals surface area contributed by atoms with Crippen molar-refractivity contribution in [1.29, 1.82) is 0 Å². The van der Waals surface area contributed by atoms with Crippen LogP contribution in [0.1, 0.15) is 30.6 Å². The van der Waals surface area contributed by atoms with E-state index in [-0.39, 0.29) is 5.91 Å². The second-order valence-electron chi connectivity index (χ2n) is 5.22. The van der Waals surface area contributed by atoms with E-state index in [2.05, 4.69) is 12.2 Å². The summed E-state index contributed by atoms with van der Waals surface area (Å²) in [5.41, 5.74) is 0.689. The summed E-state index contributed by atoms with van der Waals surface area (Å²) in [5.74, 6) is -0.224. The molecule has 4 nitrogen and oxygen atoms in total. The molecule has 1 saturated heterocycles. The fourth-order valence-electron chi connectivity index (χ4n) is 2.34. The Bertz CT molecular complexity index is 413. The minimum Gasteiger partial charge on any atom is -0.352 e. The first-order valence-electron chi connectivity index (χ1n) is 6.70. The van der Waals surface area contributed by atoms with Crippen LogP contribution in [0, 0.1) is 5.92 Å². The summed E-state index contributed by atoms with van der Waals surface area (Å²) in [6.07, 6.45) is 0.780. The van der Waals surface area contributed by atoms with E-state index >= 15 is 0 Å². The maximum atomic E-state index is 11.9. The van der Waals surface area contributed by atoms with E-state index in [4.69, 9.17) is 9.47 Å². The Hall–Kier alpha value is -1.39. The summed E-state index contributed by atoms with van der Waals surface area (Å²) in [7, 11) is 0. The largest absolute Gasteiger partial charge is 0.352 e. The third-order valence-corrected chi connectivity index (χ3v) is 3.26. The first-order chi connectivity index (χ1) is 9.09. The van der Waals surface area contributed by atoms with Gasteiger partial charge in [-0.3, -0.25) is 4.79 Å². The van der Waals surface area contributed by atoms with E-state index < -0.39 is 5.79 Å². The monoisotopic (exact) mass is 263 g/mol. The van der Waals surface area contributed by atoms with Gasteiger partial charge in [-0.2, -0.15) is 0 Å². The van der Waals surface area contributed by atoms with Crippen LogP contribution in [-0.4, -0.2) is 31.5 Å². The topological polar surface area (TPSA) is 47.6 Å². The molecule has 1 amide bonds. The maximum absolute atomic E-state index is 11.9. The van der Waals surface area contributed by atoms with Crippen LogP contribution in [0.2, 0.25) is 0 Å². The van der Waals surface area contributed by atoms with Crippen LogP contribution in [0.4, 0.5) is 0 Å². The van der Waals surface area contributed by atoms with Crippen molar-refractivity contribution in [3.05, 3.63) is 35.9 Å². The normalized spacial score (nSPS) is 19.1. The molecule has 0 bridgehead atoms. The van der Waals surface area contributed by atoms with E-state index in [1.165, 1.54) is 0 Å². The van der Waals surface area contributed by atoms with Gasteiger partial charge < -0.3 is 14.8 Å². The molecule has 4 heteroatoms. The lowest BCUT2D eigenvalue weighted by Crippen LogP contribution is -2.34. The van der Waals surface area contributed by atoms with Crippen LogP contribution in [-0.2, 0) is 9.47 Å². The highest BCUT2D eigenvalue weighted by Crippen LogP contribution is 2.26. The predicted molar refractivity (Wildman–Crippen MR) is 72.9 cm³/mol. The van der Waals surface area contributed by atoms with Gasteiger partial charge >= 0.3 is 0 Å². The van der Waals surface area contributed by atoms with Crippen LogP contribution >= 0.6 is 0 Å². The molecule has 0 unspecified atom stereocenters. The van der Waals surface area contributed by atoms with Gasteiger partial charge in [-0.1, -0.05) is 25.1 Å². The summed E-state index contributed by atoms with van der Waals surface area (Å²) in [5, 5.41) is 2.94. The number of rotatable bonds is 5. The van der Waals surface area contributed by atoms with Crippen molar-refractivity contribution in [2.24, 2.45) is 5.92 Å².